The van der Waals surface area contributed by atoms with Crippen molar-refractivity contribution in [1.82, 2.24) is 9.97 Å². The standard InChI is InChI=1S/C15H14FN3O3S/c1-22-14-8-10(19-23(2,20)21)4-5-11(14)15-17-12-6-3-9(16)7-13(12)18-15/h3-8,19H,1-2H3,(H,17,18). The molecule has 2 aromatic carbocycles. The SMILES string of the molecule is COc1cc(NS(C)(=O)=O)ccc1-c1nc2cc(F)ccc2[nH]1. The van der Waals surface area contributed by atoms with Crippen LogP contribution in [0.1, 0.15) is 0 Å². The van der Waals surface area contributed by atoms with Crippen LogP contribution in [0.3, 0.4) is 0 Å². The number of nitrogens with one attached hydrogen (secondary N) is 2. The maximum absolute atomic E-state index is 13.3. The largest absolute Gasteiger partial charge is 0.496 e. The lowest BCUT2D eigenvalue weighted by Crippen LogP contribution is -2.09. The second-order valence-electron chi connectivity index (χ2n) is 5.04. The molecule has 1 aromatic heterocycles. The summed E-state index contributed by atoms with van der Waals surface area (Å²) < 4.78 is 43.5. The molecule has 0 aliphatic rings. The molecule has 0 fully saturated rings. The third kappa shape index (κ3) is 3.26. The average molecular weight is 335 g/mol. The average Bonchev–Trinajstić information content (AvgIpc) is 2.88. The van der Waals surface area contributed by atoms with E-state index in [9.17, 15) is 12.8 Å². The highest BCUT2D eigenvalue weighted by Crippen LogP contribution is 2.32. The summed E-state index contributed by atoms with van der Waals surface area (Å²) in [5.74, 6) is 0.585. The Hall–Kier alpha value is -2.61. The number of ether oxygens (including phenoxy) is 1. The van der Waals surface area contributed by atoms with Crippen molar-refractivity contribution < 1.29 is 17.5 Å². The van der Waals surface area contributed by atoms with E-state index in [0.717, 1.165) is 6.26 Å². The lowest BCUT2D eigenvalue weighted by Gasteiger charge is -2.09. The van der Waals surface area contributed by atoms with Crippen molar-refractivity contribution in [3.63, 3.8) is 0 Å². The van der Waals surface area contributed by atoms with Crippen LogP contribution in [0.25, 0.3) is 22.4 Å². The second kappa shape index (κ2) is 5.54. The monoisotopic (exact) mass is 335 g/mol. The Labute approximate surface area is 132 Å². The molecule has 2 N–H and O–H groups in total. The van der Waals surface area contributed by atoms with Crippen molar-refractivity contribution in [1.29, 1.82) is 0 Å². The summed E-state index contributed by atoms with van der Waals surface area (Å²) in [6.45, 7) is 0. The lowest BCUT2D eigenvalue weighted by molar-refractivity contribution is 0.416. The normalized spacial score (nSPS) is 11.6. The van der Waals surface area contributed by atoms with Gasteiger partial charge in [-0.3, -0.25) is 4.72 Å². The predicted molar refractivity (Wildman–Crippen MR) is 86.5 cm³/mol. The van der Waals surface area contributed by atoms with Gasteiger partial charge in [0.1, 0.15) is 17.4 Å². The molecule has 0 unspecified atom stereocenters. The first-order chi connectivity index (χ1) is 10.9. The molecule has 6 nitrogen and oxygen atoms in total. The molecule has 0 saturated heterocycles. The van der Waals surface area contributed by atoms with Crippen LogP contribution in [-0.2, 0) is 10.0 Å². The van der Waals surface area contributed by atoms with Crippen LogP contribution in [0, 0.1) is 5.82 Å². The van der Waals surface area contributed by atoms with Gasteiger partial charge in [-0.2, -0.15) is 0 Å². The van der Waals surface area contributed by atoms with Gasteiger partial charge >= 0.3 is 0 Å². The van der Waals surface area contributed by atoms with Crippen LogP contribution in [0.5, 0.6) is 5.75 Å². The lowest BCUT2D eigenvalue weighted by atomic mass is 10.1. The fourth-order valence-electron chi connectivity index (χ4n) is 2.27. The van der Waals surface area contributed by atoms with E-state index >= 15 is 0 Å². The zero-order valence-corrected chi connectivity index (χ0v) is 13.2. The third-order valence-corrected chi connectivity index (χ3v) is 3.81. The summed E-state index contributed by atoms with van der Waals surface area (Å²) in [7, 11) is -1.90. The number of rotatable bonds is 4. The van der Waals surface area contributed by atoms with Gasteiger partial charge in [0, 0.05) is 12.1 Å². The fraction of sp³-hybridized carbons (Fsp3) is 0.133. The fourth-order valence-corrected chi connectivity index (χ4v) is 2.83. The molecule has 3 rings (SSSR count). The van der Waals surface area contributed by atoms with E-state index in [-0.39, 0.29) is 5.82 Å². The molecule has 0 saturated carbocycles. The number of hydrogen-bond acceptors (Lipinski definition) is 4. The highest BCUT2D eigenvalue weighted by molar-refractivity contribution is 7.92. The number of imidazole rings is 1. The summed E-state index contributed by atoms with van der Waals surface area (Å²) in [6.07, 6.45) is 1.07. The van der Waals surface area contributed by atoms with Gasteiger partial charge in [0.15, 0.2) is 0 Å². The van der Waals surface area contributed by atoms with Gasteiger partial charge in [0.2, 0.25) is 10.0 Å². The topological polar surface area (TPSA) is 84.1 Å². The quantitative estimate of drug-likeness (QED) is 0.768. The molecular formula is C15H14FN3O3S. The number of H-pyrrole nitrogens is 1. The van der Waals surface area contributed by atoms with E-state index in [1.807, 2.05) is 0 Å². The zero-order chi connectivity index (χ0) is 16.6. The molecule has 0 aliphatic carbocycles. The molecule has 3 aromatic rings. The number of nitrogens with zero attached hydrogens (tertiary/aromatic N) is 1. The number of aromatic amines is 1. The highest BCUT2D eigenvalue weighted by atomic mass is 32.2. The Balaban J connectivity index is 2.07. The van der Waals surface area contributed by atoms with Gasteiger partial charge in [-0.05, 0) is 24.3 Å². The Morgan fingerprint density at radius 1 is 1.22 bits per heavy atom. The van der Waals surface area contributed by atoms with E-state index in [0.29, 0.717) is 33.9 Å². The summed E-state index contributed by atoms with van der Waals surface area (Å²) >= 11 is 0. The van der Waals surface area contributed by atoms with Crippen LogP contribution < -0.4 is 9.46 Å². The molecule has 0 atom stereocenters. The first-order valence-corrected chi connectivity index (χ1v) is 8.56. The molecule has 0 spiro atoms. The minimum absolute atomic E-state index is 0.366. The maximum atomic E-state index is 13.3. The summed E-state index contributed by atoms with van der Waals surface area (Å²) in [5, 5.41) is 0. The van der Waals surface area contributed by atoms with Gasteiger partial charge < -0.3 is 9.72 Å². The number of methoxy groups -OCH3 is 1. The number of anilines is 1. The Morgan fingerprint density at radius 3 is 2.70 bits per heavy atom. The van der Waals surface area contributed by atoms with Crippen LogP contribution in [-0.4, -0.2) is 31.8 Å². The first kappa shape index (κ1) is 15.3. The van der Waals surface area contributed by atoms with Crippen LogP contribution in [0.4, 0.5) is 10.1 Å². The number of halogens is 1. The number of hydrogen-bond donors (Lipinski definition) is 2. The molecule has 1 heterocycles. The molecule has 120 valence electrons. The van der Waals surface area contributed by atoms with Gasteiger partial charge in [0.05, 0.1) is 35.6 Å². The number of benzene rings is 2. The van der Waals surface area contributed by atoms with Gasteiger partial charge in [0.25, 0.3) is 0 Å². The van der Waals surface area contributed by atoms with Crippen molar-refractivity contribution in [2.45, 2.75) is 0 Å². The van der Waals surface area contributed by atoms with Gasteiger partial charge in [-0.15, -0.1) is 0 Å². The molecule has 0 radical (unpaired) electrons. The molecule has 0 amide bonds. The third-order valence-electron chi connectivity index (χ3n) is 3.20. The van der Waals surface area contributed by atoms with Gasteiger partial charge in [-0.25, -0.2) is 17.8 Å². The van der Waals surface area contributed by atoms with Crippen molar-refractivity contribution >= 4 is 26.7 Å². The molecule has 8 heteroatoms. The van der Waals surface area contributed by atoms with Crippen molar-refractivity contribution in [3.8, 4) is 17.1 Å². The molecule has 0 bridgehead atoms. The van der Waals surface area contributed by atoms with Crippen molar-refractivity contribution in [3.05, 3.63) is 42.2 Å². The smallest absolute Gasteiger partial charge is 0.229 e. The number of aromatic nitrogens is 2. The highest BCUT2D eigenvalue weighted by Gasteiger charge is 2.13. The minimum atomic E-state index is -3.38. The van der Waals surface area contributed by atoms with E-state index in [2.05, 4.69) is 14.7 Å². The van der Waals surface area contributed by atoms with Crippen molar-refractivity contribution in [2.24, 2.45) is 0 Å². The van der Waals surface area contributed by atoms with E-state index in [1.165, 1.54) is 19.2 Å². The molecular weight excluding hydrogens is 321 g/mol. The Morgan fingerprint density at radius 2 is 2.00 bits per heavy atom. The number of fused-ring (bicyclic) bond motifs is 1. The summed E-state index contributed by atoms with van der Waals surface area (Å²) in [4.78, 5) is 7.43. The van der Waals surface area contributed by atoms with Gasteiger partial charge in [-0.1, -0.05) is 0 Å². The first-order valence-electron chi connectivity index (χ1n) is 6.67. The second-order valence-corrected chi connectivity index (χ2v) is 6.78. The number of sulfonamides is 1. The van der Waals surface area contributed by atoms with Crippen LogP contribution in [0.15, 0.2) is 36.4 Å². The zero-order valence-electron chi connectivity index (χ0n) is 12.4. The summed E-state index contributed by atoms with van der Waals surface area (Å²) in [5.41, 5.74) is 2.22. The van der Waals surface area contributed by atoms with E-state index in [1.54, 1.807) is 24.3 Å². The Kier molecular flexibility index (Phi) is 3.69. The Bertz CT molecular complexity index is 983. The maximum Gasteiger partial charge on any atom is 0.229 e. The van der Waals surface area contributed by atoms with Crippen LogP contribution >= 0.6 is 0 Å². The van der Waals surface area contributed by atoms with Crippen molar-refractivity contribution in [2.75, 3.05) is 18.1 Å². The summed E-state index contributed by atoms with van der Waals surface area (Å²) in [6, 6.07) is 9.13. The van der Waals surface area contributed by atoms with E-state index < -0.39 is 10.0 Å². The molecule has 0 aliphatic heterocycles. The molecule has 23 heavy (non-hydrogen) atoms. The predicted octanol–water partition coefficient (Wildman–Crippen LogP) is 2.75. The minimum Gasteiger partial charge on any atom is -0.496 e. The van der Waals surface area contributed by atoms with Crippen LogP contribution in [0.2, 0.25) is 0 Å². The van der Waals surface area contributed by atoms with E-state index in [4.69, 9.17) is 4.74 Å².